The van der Waals surface area contributed by atoms with E-state index in [0.717, 1.165) is 0 Å². The molecule has 8 nitrogen and oxygen atoms in total. The Balaban J connectivity index is 0.00000220. The third kappa shape index (κ3) is 3.16. The van der Waals surface area contributed by atoms with Crippen LogP contribution >= 0.6 is 12.4 Å². The van der Waals surface area contributed by atoms with Gasteiger partial charge < -0.3 is 10.6 Å². The van der Waals surface area contributed by atoms with Crippen LogP contribution in [-0.2, 0) is 0 Å². The summed E-state index contributed by atoms with van der Waals surface area (Å²) >= 11 is 0. The van der Waals surface area contributed by atoms with Crippen molar-refractivity contribution in [3.8, 4) is 0 Å². The molecule has 2 rings (SSSR count). The SMILES string of the molecule is Cc1[nH]nc(C(=O)N2CCC(N)C(C)(C)C2)c1[N+](=O)[O-].Cl. The van der Waals surface area contributed by atoms with Crippen LogP contribution in [0.25, 0.3) is 0 Å². The number of aryl methyl sites for hydroxylation is 1. The van der Waals surface area contributed by atoms with Gasteiger partial charge in [-0.25, -0.2) is 0 Å². The highest BCUT2D eigenvalue weighted by Gasteiger charge is 2.38. The Hall–Kier alpha value is -1.67. The molecule has 0 spiro atoms. The van der Waals surface area contributed by atoms with Gasteiger partial charge in [0.25, 0.3) is 5.91 Å². The third-order valence-electron chi connectivity index (χ3n) is 3.90. The van der Waals surface area contributed by atoms with Gasteiger partial charge in [-0.1, -0.05) is 13.8 Å². The Bertz CT molecular complexity index is 557. The molecule has 0 bridgehead atoms. The Morgan fingerprint density at radius 3 is 2.71 bits per heavy atom. The van der Waals surface area contributed by atoms with E-state index in [-0.39, 0.29) is 40.9 Å². The summed E-state index contributed by atoms with van der Waals surface area (Å²) in [6.07, 6.45) is 0.677. The fourth-order valence-electron chi connectivity index (χ4n) is 2.49. The minimum atomic E-state index is -0.576. The lowest BCUT2D eigenvalue weighted by atomic mass is 9.79. The maximum Gasteiger partial charge on any atom is 0.322 e. The highest BCUT2D eigenvalue weighted by atomic mass is 35.5. The number of aromatic nitrogens is 2. The normalized spacial score (nSPS) is 20.8. The quantitative estimate of drug-likeness (QED) is 0.628. The molecule has 118 valence electrons. The molecule has 2 heterocycles. The van der Waals surface area contributed by atoms with Crippen molar-refractivity contribution in [3.63, 3.8) is 0 Å². The number of nitrogens with zero attached hydrogens (tertiary/aromatic N) is 3. The number of hydrogen-bond acceptors (Lipinski definition) is 5. The number of piperidine rings is 1. The molecule has 1 aromatic rings. The van der Waals surface area contributed by atoms with Gasteiger partial charge in [-0.3, -0.25) is 20.0 Å². The van der Waals surface area contributed by atoms with Gasteiger partial charge in [-0.2, -0.15) is 5.10 Å². The van der Waals surface area contributed by atoms with Crippen molar-refractivity contribution in [2.45, 2.75) is 33.2 Å². The zero-order valence-electron chi connectivity index (χ0n) is 12.3. The Morgan fingerprint density at radius 1 is 1.57 bits per heavy atom. The van der Waals surface area contributed by atoms with E-state index in [4.69, 9.17) is 5.73 Å². The second kappa shape index (κ2) is 5.98. The lowest BCUT2D eigenvalue weighted by molar-refractivity contribution is -0.385. The first-order valence-corrected chi connectivity index (χ1v) is 6.48. The molecule has 1 atom stereocenters. The lowest BCUT2D eigenvalue weighted by Gasteiger charge is -2.42. The molecule has 1 aliphatic heterocycles. The van der Waals surface area contributed by atoms with Gasteiger partial charge in [-0.05, 0) is 18.8 Å². The molecule has 0 aromatic carbocycles. The molecular weight excluding hydrogens is 298 g/mol. The minimum Gasteiger partial charge on any atom is -0.336 e. The maximum absolute atomic E-state index is 12.4. The summed E-state index contributed by atoms with van der Waals surface area (Å²) in [6, 6.07) is 0.0162. The number of carbonyl (C=O) groups excluding carboxylic acids is 1. The number of likely N-dealkylation sites (tertiary alicyclic amines) is 1. The first-order valence-electron chi connectivity index (χ1n) is 6.48. The van der Waals surface area contributed by atoms with Crippen LogP contribution in [0.15, 0.2) is 0 Å². The smallest absolute Gasteiger partial charge is 0.322 e. The zero-order chi connectivity index (χ0) is 15.1. The van der Waals surface area contributed by atoms with Crippen LogP contribution < -0.4 is 5.73 Å². The molecule has 1 unspecified atom stereocenters. The van der Waals surface area contributed by atoms with Crippen LogP contribution in [0.2, 0.25) is 0 Å². The summed E-state index contributed by atoms with van der Waals surface area (Å²) in [6.45, 7) is 6.46. The van der Waals surface area contributed by atoms with Crippen LogP contribution in [0, 0.1) is 22.5 Å². The van der Waals surface area contributed by atoms with E-state index < -0.39 is 10.8 Å². The van der Waals surface area contributed by atoms with E-state index in [2.05, 4.69) is 10.2 Å². The topological polar surface area (TPSA) is 118 Å². The molecule has 1 aromatic heterocycles. The maximum atomic E-state index is 12.4. The van der Waals surface area contributed by atoms with Crippen molar-refractivity contribution in [2.24, 2.45) is 11.1 Å². The van der Waals surface area contributed by atoms with Crippen LogP contribution in [0.4, 0.5) is 5.69 Å². The van der Waals surface area contributed by atoms with Gasteiger partial charge in [0.2, 0.25) is 5.69 Å². The summed E-state index contributed by atoms with van der Waals surface area (Å²) in [5.41, 5.74) is 5.72. The standard InChI is InChI=1S/C12H19N5O3.ClH/c1-7-10(17(19)20)9(15-14-7)11(18)16-5-4-8(13)12(2,3)6-16;/h8H,4-6,13H2,1-3H3,(H,14,15);1H. The number of halogens is 1. The van der Waals surface area contributed by atoms with Gasteiger partial charge in [-0.15, -0.1) is 12.4 Å². The van der Waals surface area contributed by atoms with Crippen LogP contribution in [0.1, 0.15) is 36.5 Å². The number of amides is 1. The first kappa shape index (κ1) is 17.4. The number of nitro groups is 1. The molecule has 1 fully saturated rings. The number of aromatic amines is 1. The molecule has 21 heavy (non-hydrogen) atoms. The van der Waals surface area contributed by atoms with Crippen molar-refractivity contribution in [3.05, 3.63) is 21.5 Å². The molecule has 1 aliphatic rings. The van der Waals surface area contributed by atoms with Crippen LogP contribution in [0.3, 0.4) is 0 Å². The predicted molar refractivity (Wildman–Crippen MR) is 79.5 cm³/mol. The summed E-state index contributed by atoms with van der Waals surface area (Å²) in [4.78, 5) is 24.5. The number of carbonyl (C=O) groups is 1. The number of nitrogens with one attached hydrogen (secondary N) is 1. The van der Waals surface area contributed by atoms with Crippen LogP contribution in [0.5, 0.6) is 0 Å². The summed E-state index contributed by atoms with van der Waals surface area (Å²) < 4.78 is 0. The lowest BCUT2D eigenvalue weighted by Crippen LogP contribution is -2.54. The summed E-state index contributed by atoms with van der Waals surface area (Å²) in [5, 5.41) is 17.3. The Labute approximate surface area is 128 Å². The highest BCUT2D eigenvalue weighted by molar-refractivity contribution is 5.96. The molecule has 9 heteroatoms. The van der Waals surface area contributed by atoms with Gasteiger partial charge >= 0.3 is 5.69 Å². The summed E-state index contributed by atoms with van der Waals surface area (Å²) in [7, 11) is 0. The molecule has 0 saturated carbocycles. The second-order valence-electron chi connectivity index (χ2n) is 5.91. The molecular formula is C12H20ClN5O3. The van der Waals surface area contributed by atoms with E-state index in [9.17, 15) is 14.9 Å². The average molecular weight is 318 g/mol. The van der Waals surface area contributed by atoms with Crippen molar-refractivity contribution in [1.29, 1.82) is 0 Å². The minimum absolute atomic E-state index is 0. The highest BCUT2D eigenvalue weighted by Crippen LogP contribution is 2.30. The van der Waals surface area contributed by atoms with E-state index in [1.807, 2.05) is 13.8 Å². The molecule has 0 radical (unpaired) electrons. The number of nitrogens with two attached hydrogens (primary N) is 1. The van der Waals surface area contributed by atoms with E-state index in [1.165, 1.54) is 6.92 Å². The van der Waals surface area contributed by atoms with Crippen molar-refractivity contribution >= 4 is 24.0 Å². The second-order valence-corrected chi connectivity index (χ2v) is 5.91. The zero-order valence-corrected chi connectivity index (χ0v) is 13.1. The third-order valence-corrected chi connectivity index (χ3v) is 3.90. The largest absolute Gasteiger partial charge is 0.336 e. The van der Waals surface area contributed by atoms with E-state index in [1.54, 1.807) is 4.90 Å². The Morgan fingerprint density at radius 2 is 2.19 bits per heavy atom. The molecule has 1 saturated heterocycles. The van der Waals surface area contributed by atoms with Gasteiger partial charge in [0.15, 0.2) is 0 Å². The number of H-pyrrole nitrogens is 1. The summed E-state index contributed by atoms with van der Waals surface area (Å²) in [5.74, 6) is -0.416. The first-order chi connectivity index (χ1) is 9.24. The van der Waals surface area contributed by atoms with Gasteiger partial charge in [0.1, 0.15) is 5.69 Å². The van der Waals surface area contributed by atoms with E-state index in [0.29, 0.717) is 19.5 Å². The average Bonchev–Trinajstić information content (AvgIpc) is 2.73. The monoisotopic (exact) mass is 317 g/mol. The van der Waals surface area contributed by atoms with Crippen molar-refractivity contribution in [2.75, 3.05) is 13.1 Å². The Kier molecular flexibility index (Phi) is 4.95. The molecule has 1 amide bonds. The number of hydrogen-bond donors (Lipinski definition) is 2. The fraction of sp³-hybridized carbons (Fsp3) is 0.667. The molecule has 0 aliphatic carbocycles. The number of rotatable bonds is 2. The van der Waals surface area contributed by atoms with Crippen molar-refractivity contribution in [1.82, 2.24) is 15.1 Å². The van der Waals surface area contributed by atoms with Crippen LogP contribution in [-0.4, -0.2) is 45.1 Å². The van der Waals surface area contributed by atoms with Gasteiger partial charge in [0.05, 0.1) is 4.92 Å². The molecule has 3 N–H and O–H groups in total. The fourth-order valence-corrected chi connectivity index (χ4v) is 2.49. The van der Waals surface area contributed by atoms with E-state index >= 15 is 0 Å². The van der Waals surface area contributed by atoms with Gasteiger partial charge in [0, 0.05) is 19.1 Å². The van der Waals surface area contributed by atoms with Crippen molar-refractivity contribution < 1.29 is 9.72 Å². The predicted octanol–water partition coefficient (Wildman–Crippen LogP) is 1.25.